The second kappa shape index (κ2) is 6.15. The summed E-state index contributed by atoms with van der Waals surface area (Å²) in [5.74, 6) is 0. The fraction of sp³-hybridized carbons (Fsp3) is 0.176. The molecule has 1 N–H and O–H groups in total. The van der Waals surface area contributed by atoms with E-state index < -0.39 is 0 Å². The summed E-state index contributed by atoms with van der Waals surface area (Å²) in [7, 11) is 0. The van der Waals surface area contributed by atoms with Crippen molar-refractivity contribution in [2.75, 3.05) is 0 Å². The Morgan fingerprint density at radius 2 is 1.70 bits per heavy atom. The van der Waals surface area contributed by atoms with Crippen molar-refractivity contribution in [1.82, 2.24) is 9.97 Å². The molecule has 3 heteroatoms. The lowest BCUT2D eigenvalue weighted by atomic mass is 10.1. The van der Waals surface area contributed by atoms with Crippen molar-refractivity contribution in [3.05, 3.63) is 64.6 Å². The first-order valence-corrected chi connectivity index (χ1v) is 6.80. The maximum Gasteiger partial charge on any atom is 0.345 e. The van der Waals surface area contributed by atoms with Gasteiger partial charge in [0.2, 0.25) is 0 Å². The number of H-pyrrole nitrogens is 1. The molecule has 0 saturated carbocycles. The number of aryl methyl sites for hydroxylation is 1. The number of benzene rings is 2. The molecule has 0 aliphatic heterocycles. The van der Waals surface area contributed by atoms with Crippen molar-refractivity contribution in [2.24, 2.45) is 0 Å². The fourth-order valence-electron chi connectivity index (χ4n) is 2.08. The van der Waals surface area contributed by atoms with Gasteiger partial charge in [0, 0.05) is 10.9 Å². The van der Waals surface area contributed by atoms with E-state index in [0.29, 0.717) is 0 Å². The highest BCUT2D eigenvalue weighted by Gasteiger charge is 2.07. The molecule has 0 spiro atoms. The van der Waals surface area contributed by atoms with Crippen molar-refractivity contribution in [2.45, 2.75) is 20.8 Å². The first kappa shape index (κ1) is 14.0. The van der Waals surface area contributed by atoms with Crippen molar-refractivity contribution in [1.29, 1.82) is 0 Å². The molecule has 1 aromatic heterocycles. The molecular weight excluding hydrogens is 248 g/mol. The predicted octanol–water partition coefficient (Wildman–Crippen LogP) is 3.92. The third kappa shape index (κ3) is 2.77. The van der Waals surface area contributed by atoms with E-state index in [4.69, 9.17) is 0 Å². The Kier molecular flexibility index (Phi) is 4.31. The van der Waals surface area contributed by atoms with Gasteiger partial charge >= 0.3 is 5.69 Å². The minimum Gasteiger partial charge on any atom is -0.305 e. The lowest BCUT2D eigenvalue weighted by molar-refractivity contribution is 1.12. The quantitative estimate of drug-likeness (QED) is 0.725. The standard InChI is InChI=1S/C15H12N2O.C2H6/c1-10-7-8-13-12(9-10)14(17-15(18)16-13)11-5-3-2-4-6-11;1-2/h2-9H,1H3,(H,16,17,18);1-2H3. The molecule has 0 fully saturated rings. The Bertz CT molecular complexity index is 761. The molecule has 0 aliphatic rings. The highest BCUT2D eigenvalue weighted by atomic mass is 16.1. The first-order chi connectivity index (χ1) is 9.74. The highest BCUT2D eigenvalue weighted by Crippen LogP contribution is 2.24. The monoisotopic (exact) mass is 266 g/mol. The third-order valence-electron chi connectivity index (χ3n) is 2.93. The number of hydrogen-bond acceptors (Lipinski definition) is 2. The van der Waals surface area contributed by atoms with Crippen LogP contribution in [0, 0.1) is 6.92 Å². The van der Waals surface area contributed by atoms with E-state index in [-0.39, 0.29) is 5.69 Å². The molecule has 0 aliphatic carbocycles. The van der Waals surface area contributed by atoms with Crippen molar-refractivity contribution < 1.29 is 0 Å². The first-order valence-electron chi connectivity index (χ1n) is 6.80. The number of fused-ring (bicyclic) bond motifs is 1. The van der Waals surface area contributed by atoms with Gasteiger partial charge < -0.3 is 4.98 Å². The molecule has 0 atom stereocenters. The summed E-state index contributed by atoms with van der Waals surface area (Å²) in [6.45, 7) is 6.03. The van der Waals surface area contributed by atoms with Crippen molar-refractivity contribution in [3.8, 4) is 11.3 Å². The molecule has 0 saturated heterocycles. The molecular formula is C17H18N2O. The van der Waals surface area contributed by atoms with Gasteiger partial charge in [0.15, 0.2) is 0 Å². The lowest BCUT2D eigenvalue weighted by Gasteiger charge is -2.06. The molecule has 3 nitrogen and oxygen atoms in total. The van der Waals surface area contributed by atoms with Gasteiger partial charge in [-0.25, -0.2) is 4.79 Å². The Morgan fingerprint density at radius 1 is 1.00 bits per heavy atom. The average Bonchev–Trinajstić information content (AvgIpc) is 2.50. The van der Waals surface area contributed by atoms with E-state index in [9.17, 15) is 4.79 Å². The molecule has 3 rings (SSSR count). The number of rotatable bonds is 1. The zero-order valence-corrected chi connectivity index (χ0v) is 12.0. The van der Waals surface area contributed by atoms with E-state index in [0.717, 1.165) is 27.7 Å². The number of nitrogens with one attached hydrogen (secondary N) is 1. The molecule has 2 aromatic carbocycles. The van der Waals surface area contributed by atoms with Crippen LogP contribution in [0.4, 0.5) is 0 Å². The second-order valence-corrected chi connectivity index (χ2v) is 4.31. The van der Waals surface area contributed by atoms with E-state index >= 15 is 0 Å². The smallest absolute Gasteiger partial charge is 0.305 e. The summed E-state index contributed by atoms with van der Waals surface area (Å²) >= 11 is 0. The maximum absolute atomic E-state index is 11.6. The molecule has 0 unspecified atom stereocenters. The fourth-order valence-corrected chi connectivity index (χ4v) is 2.08. The molecule has 0 bridgehead atoms. The number of nitrogens with zero attached hydrogens (tertiary/aromatic N) is 1. The minimum atomic E-state index is -0.315. The van der Waals surface area contributed by atoms with Crippen LogP contribution in [-0.4, -0.2) is 9.97 Å². The van der Waals surface area contributed by atoms with Crippen LogP contribution in [-0.2, 0) is 0 Å². The van der Waals surface area contributed by atoms with Gasteiger partial charge in [-0.1, -0.05) is 55.8 Å². The molecule has 20 heavy (non-hydrogen) atoms. The summed E-state index contributed by atoms with van der Waals surface area (Å²) in [5, 5.41) is 0.973. The topological polar surface area (TPSA) is 45.8 Å². The van der Waals surface area contributed by atoms with E-state index in [1.54, 1.807) is 0 Å². The zero-order chi connectivity index (χ0) is 14.5. The SMILES string of the molecule is CC.Cc1ccc2[nH]c(=O)nc(-c3ccccc3)c2c1. The maximum atomic E-state index is 11.6. The minimum absolute atomic E-state index is 0.315. The highest BCUT2D eigenvalue weighted by molar-refractivity contribution is 5.92. The Labute approximate surface area is 118 Å². The van der Waals surface area contributed by atoms with Crippen molar-refractivity contribution >= 4 is 10.9 Å². The summed E-state index contributed by atoms with van der Waals surface area (Å²) in [6.07, 6.45) is 0. The Morgan fingerprint density at radius 3 is 2.40 bits per heavy atom. The van der Waals surface area contributed by atoms with Gasteiger partial charge in [0.05, 0.1) is 11.2 Å². The van der Waals surface area contributed by atoms with Crippen LogP contribution < -0.4 is 5.69 Å². The number of hydrogen-bond donors (Lipinski definition) is 1. The molecule has 0 amide bonds. The van der Waals surface area contributed by atoms with Gasteiger partial charge in [-0.3, -0.25) is 0 Å². The zero-order valence-electron chi connectivity index (χ0n) is 12.0. The summed E-state index contributed by atoms with van der Waals surface area (Å²) in [6, 6.07) is 15.7. The van der Waals surface area contributed by atoms with Crippen molar-refractivity contribution in [3.63, 3.8) is 0 Å². The van der Waals surface area contributed by atoms with Gasteiger partial charge in [0.1, 0.15) is 0 Å². The second-order valence-electron chi connectivity index (χ2n) is 4.31. The van der Waals surface area contributed by atoms with E-state index in [1.165, 1.54) is 0 Å². The summed E-state index contributed by atoms with van der Waals surface area (Å²) in [5.41, 5.74) is 3.34. The van der Waals surface area contributed by atoms with Crippen LogP contribution >= 0.6 is 0 Å². The van der Waals surface area contributed by atoms with Gasteiger partial charge in [-0.15, -0.1) is 0 Å². The summed E-state index contributed by atoms with van der Waals surface area (Å²) in [4.78, 5) is 18.5. The average molecular weight is 266 g/mol. The van der Waals surface area contributed by atoms with E-state index in [2.05, 4.69) is 9.97 Å². The molecule has 102 valence electrons. The van der Waals surface area contributed by atoms with Gasteiger partial charge in [-0.05, 0) is 19.1 Å². The van der Waals surface area contributed by atoms with Crippen LogP contribution in [0.1, 0.15) is 19.4 Å². The predicted molar refractivity (Wildman–Crippen MR) is 83.9 cm³/mol. The van der Waals surface area contributed by atoms with Crippen LogP contribution in [0.25, 0.3) is 22.2 Å². The molecule has 1 heterocycles. The van der Waals surface area contributed by atoms with Crippen LogP contribution in [0.3, 0.4) is 0 Å². The van der Waals surface area contributed by atoms with Gasteiger partial charge in [0.25, 0.3) is 0 Å². The van der Waals surface area contributed by atoms with Gasteiger partial charge in [-0.2, -0.15) is 4.98 Å². The van der Waals surface area contributed by atoms with Crippen LogP contribution in [0.15, 0.2) is 53.3 Å². The molecule has 3 aromatic rings. The largest absolute Gasteiger partial charge is 0.345 e. The lowest BCUT2D eigenvalue weighted by Crippen LogP contribution is -2.11. The summed E-state index contributed by atoms with van der Waals surface area (Å²) < 4.78 is 0. The van der Waals surface area contributed by atoms with Crippen LogP contribution in [0.2, 0.25) is 0 Å². The third-order valence-corrected chi connectivity index (χ3v) is 2.93. The van der Waals surface area contributed by atoms with Crippen LogP contribution in [0.5, 0.6) is 0 Å². The van der Waals surface area contributed by atoms with E-state index in [1.807, 2.05) is 69.3 Å². The Balaban J connectivity index is 0.000000704. The molecule has 0 radical (unpaired) electrons. The number of aromatic amines is 1. The number of aromatic nitrogens is 2. The Hall–Kier alpha value is -2.42. The normalized spacial score (nSPS) is 9.95.